The number of anilines is 1. The van der Waals surface area contributed by atoms with Gasteiger partial charge in [-0.15, -0.1) is 0 Å². The highest BCUT2D eigenvalue weighted by molar-refractivity contribution is 6.30. The van der Waals surface area contributed by atoms with Crippen LogP contribution in [0.15, 0.2) is 24.3 Å². The first-order valence-corrected chi connectivity index (χ1v) is 5.96. The second-order valence-corrected chi connectivity index (χ2v) is 4.43. The number of amides is 1. The Labute approximate surface area is 119 Å². The number of hydrogen-bond donors (Lipinski definition) is 3. The van der Waals surface area contributed by atoms with Gasteiger partial charge in [-0.3, -0.25) is 19.3 Å². The maximum absolute atomic E-state index is 11.7. The summed E-state index contributed by atoms with van der Waals surface area (Å²) in [7, 11) is 0. The molecule has 0 aromatic heterocycles. The molecule has 0 spiro atoms. The zero-order chi connectivity index (χ0) is 15.1. The molecule has 7 nitrogen and oxygen atoms in total. The van der Waals surface area contributed by atoms with E-state index in [4.69, 9.17) is 21.8 Å². The molecule has 108 valence electrons. The van der Waals surface area contributed by atoms with E-state index in [0.29, 0.717) is 10.7 Å². The minimum absolute atomic E-state index is 0.342. The van der Waals surface area contributed by atoms with Crippen molar-refractivity contribution in [1.29, 1.82) is 0 Å². The van der Waals surface area contributed by atoms with Crippen LogP contribution in [0.25, 0.3) is 0 Å². The molecule has 3 N–H and O–H groups in total. The third-order valence-corrected chi connectivity index (χ3v) is 2.43. The van der Waals surface area contributed by atoms with Gasteiger partial charge in [0.15, 0.2) is 0 Å². The molecule has 0 aliphatic heterocycles. The summed E-state index contributed by atoms with van der Waals surface area (Å²) in [4.78, 5) is 33.9. The number of carboxylic acid groups (broad SMARTS) is 2. The predicted molar refractivity (Wildman–Crippen MR) is 71.8 cm³/mol. The number of hydrogen-bond acceptors (Lipinski definition) is 4. The number of rotatable bonds is 7. The average Bonchev–Trinajstić information content (AvgIpc) is 2.26. The first-order chi connectivity index (χ1) is 9.36. The Hall–Kier alpha value is -2.12. The van der Waals surface area contributed by atoms with Crippen LogP contribution in [0.5, 0.6) is 0 Å². The van der Waals surface area contributed by atoms with E-state index in [1.165, 1.54) is 6.07 Å². The Bertz CT molecular complexity index is 504. The number of carbonyl (C=O) groups is 3. The predicted octanol–water partition coefficient (Wildman–Crippen LogP) is 0.750. The second kappa shape index (κ2) is 7.46. The van der Waals surface area contributed by atoms with Crippen molar-refractivity contribution >= 4 is 35.1 Å². The van der Waals surface area contributed by atoms with E-state index in [-0.39, 0.29) is 6.54 Å². The van der Waals surface area contributed by atoms with Crippen molar-refractivity contribution in [2.24, 2.45) is 0 Å². The molecular formula is C12H13ClN2O5. The molecule has 1 aromatic carbocycles. The SMILES string of the molecule is O=C(O)CN(CC(=O)O)CC(=O)Nc1cccc(Cl)c1. The highest BCUT2D eigenvalue weighted by Crippen LogP contribution is 2.14. The summed E-state index contributed by atoms with van der Waals surface area (Å²) in [5.41, 5.74) is 0.452. The van der Waals surface area contributed by atoms with Crippen molar-refractivity contribution in [3.05, 3.63) is 29.3 Å². The van der Waals surface area contributed by atoms with E-state index in [1.54, 1.807) is 18.2 Å². The quantitative estimate of drug-likeness (QED) is 0.686. The van der Waals surface area contributed by atoms with Gasteiger partial charge in [-0.2, -0.15) is 0 Å². The van der Waals surface area contributed by atoms with Crippen molar-refractivity contribution in [1.82, 2.24) is 4.90 Å². The molecule has 1 amide bonds. The van der Waals surface area contributed by atoms with Gasteiger partial charge in [-0.25, -0.2) is 0 Å². The van der Waals surface area contributed by atoms with Gasteiger partial charge in [-0.1, -0.05) is 17.7 Å². The van der Waals surface area contributed by atoms with Crippen LogP contribution in [0.1, 0.15) is 0 Å². The molecular weight excluding hydrogens is 288 g/mol. The van der Waals surface area contributed by atoms with E-state index < -0.39 is 30.9 Å². The molecule has 8 heteroatoms. The minimum Gasteiger partial charge on any atom is -0.480 e. The third-order valence-electron chi connectivity index (χ3n) is 2.19. The third kappa shape index (κ3) is 6.17. The number of aliphatic carboxylic acids is 2. The Balaban J connectivity index is 2.61. The molecule has 1 aromatic rings. The zero-order valence-corrected chi connectivity index (χ0v) is 11.1. The van der Waals surface area contributed by atoms with Crippen molar-refractivity contribution in [3.63, 3.8) is 0 Å². The summed E-state index contributed by atoms with van der Waals surface area (Å²) in [5, 5.41) is 20.3. The molecule has 0 aliphatic rings. The van der Waals surface area contributed by atoms with Crippen LogP contribution >= 0.6 is 11.6 Å². The maximum Gasteiger partial charge on any atom is 0.317 e. The summed E-state index contributed by atoms with van der Waals surface area (Å²) in [6.07, 6.45) is 0. The van der Waals surface area contributed by atoms with E-state index >= 15 is 0 Å². The maximum atomic E-state index is 11.7. The molecule has 0 aliphatic carbocycles. The van der Waals surface area contributed by atoms with Crippen molar-refractivity contribution < 1.29 is 24.6 Å². The topological polar surface area (TPSA) is 107 Å². The van der Waals surface area contributed by atoms with Crippen LogP contribution in [0.2, 0.25) is 5.02 Å². The zero-order valence-electron chi connectivity index (χ0n) is 10.4. The average molecular weight is 301 g/mol. The standard InChI is InChI=1S/C12H13ClN2O5/c13-8-2-1-3-9(4-8)14-10(16)5-15(6-11(17)18)7-12(19)20/h1-4H,5-7H2,(H,14,16)(H,17,18)(H,19,20). The Morgan fingerprint density at radius 2 is 1.70 bits per heavy atom. The lowest BCUT2D eigenvalue weighted by atomic mass is 10.3. The lowest BCUT2D eigenvalue weighted by Gasteiger charge is -2.17. The van der Waals surface area contributed by atoms with E-state index in [1.807, 2.05) is 0 Å². The molecule has 0 heterocycles. The van der Waals surface area contributed by atoms with Crippen LogP contribution < -0.4 is 5.32 Å². The Morgan fingerprint density at radius 1 is 1.10 bits per heavy atom. The van der Waals surface area contributed by atoms with Gasteiger partial charge < -0.3 is 15.5 Å². The molecule has 0 saturated heterocycles. The first-order valence-electron chi connectivity index (χ1n) is 5.58. The van der Waals surface area contributed by atoms with Crippen LogP contribution in [0.3, 0.4) is 0 Å². The van der Waals surface area contributed by atoms with Crippen LogP contribution in [-0.2, 0) is 14.4 Å². The van der Waals surface area contributed by atoms with Gasteiger partial charge >= 0.3 is 11.9 Å². The number of carbonyl (C=O) groups excluding carboxylic acids is 1. The lowest BCUT2D eigenvalue weighted by Crippen LogP contribution is -2.40. The summed E-state index contributed by atoms with van der Waals surface area (Å²) in [6, 6.07) is 6.42. The van der Waals surface area contributed by atoms with Crippen LogP contribution in [0.4, 0.5) is 5.69 Å². The monoisotopic (exact) mass is 300 g/mol. The van der Waals surface area contributed by atoms with Crippen LogP contribution in [-0.4, -0.2) is 52.6 Å². The van der Waals surface area contributed by atoms with Gasteiger partial charge in [0.25, 0.3) is 0 Å². The largest absolute Gasteiger partial charge is 0.480 e. The molecule has 0 atom stereocenters. The van der Waals surface area contributed by atoms with Crippen molar-refractivity contribution in [3.8, 4) is 0 Å². The number of nitrogens with one attached hydrogen (secondary N) is 1. The second-order valence-electron chi connectivity index (χ2n) is 3.99. The van der Waals surface area contributed by atoms with E-state index in [9.17, 15) is 14.4 Å². The smallest absolute Gasteiger partial charge is 0.317 e. The van der Waals surface area contributed by atoms with Gasteiger partial charge in [-0.05, 0) is 18.2 Å². The molecule has 20 heavy (non-hydrogen) atoms. The van der Waals surface area contributed by atoms with Gasteiger partial charge in [0.05, 0.1) is 19.6 Å². The molecule has 0 radical (unpaired) electrons. The lowest BCUT2D eigenvalue weighted by molar-refractivity contribution is -0.142. The molecule has 0 saturated carbocycles. The summed E-state index contributed by atoms with van der Waals surface area (Å²) < 4.78 is 0. The fourth-order valence-electron chi connectivity index (χ4n) is 1.52. The molecule has 1 rings (SSSR count). The fraction of sp³-hybridized carbons (Fsp3) is 0.250. The number of halogens is 1. The van der Waals surface area contributed by atoms with Gasteiger partial charge in [0, 0.05) is 10.7 Å². The molecule has 0 bridgehead atoms. The normalized spacial score (nSPS) is 10.3. The van der Waals surface area contributed by atoms with Crippen molar-refractivity contribution in [2.45, 2.75) is 0 Å². The summed E-state index contributed by atoms with van der Waals surface area (Å²) >= 11 is 5.75. The number of benzene rings is 1. The Morgan fingerprint density at radius 3 is 2.20 bits per heavy atom. The first kappa shape index (κ1) is 15.9. The highest BCUT2D eigenvalue weighted by Gasteiger charge is 2.17. The Kier molecular flexibility index (Phi) is 5.95. The van der Waals surface area contributed by atoms with E-state index in [0.717, 1.165) is 4.90 Å². The van der Waals surface area contributed by atoms with E-state index in [2.05, 4.69) is 5.32 Å². The van der Waals surface area contributed by atoms with Crippen molar-refractivity contribution in [2.75, 3.05) is 25.0 Å². The fourth-order valence-corrected chi connectivity index (χ4v) is 1.71. The minimum atomic E-state index is -1.21. The number of nitrogens with zero attached hydrogens (tertiary/aromatic N) is 1. The molecule has 0 unspecified atom stereocenters. The number of carboxylic acids is 2. The molecule has 0 fully saturated rings. The summed E-state index contributed by atoms with van der Waals surface area (Å²) in [5.74, 6) is -2.93. The van der Waals surface area contributed by atoms with Gasteiger partial charge in [0.1, 0.15) is 0 Å². The highest BCUT2D eigenvalue weighted by atomic mass is 35.5. The van der Waals surface area contributed by atoms with Crippen LogP contribution in [0, 0.1) is 0 Å². The summed E-state index contributed by atoms with van der Waals surface area (Å²) in [6.45, 7) is -1.41. The van der Waals surface area contributed by atoms with Gasteiger partial charge in [0.2, 0.25) is 5.91 Å².